The molecule has 2 unspecified atom stereocenters. The van der Waals surface area contributed by atoms with Crippen LogP contribution in [0.2, 0.25) is 0 Å². The predicted molar refractivity (Wildman–Crippen MR) is 68.8 cm³/mol. The van der Waals surface area contributed by atoms with Crippen molar-refractivity contribution in [3.05, 3.63) is 0 Å². The number of urea groups is 1. The summed E-state index contributed by atoms with van der Waals surface area (Å²) in [6, 6.07) is 0.243. The number of hydrogen-bond acceptors (Lipinski definition) is 2. The van der Waals surface area contributed by atoms with Crippen molar-refractivity contribution in [1.29, 1.82) is 0 Å². The van der Waals surface area contributed by atoms with Crippen molar-refractivity contribution in [2.45, 2.75) is 52.7 Å². The van der Waals surface area contributed by atoms with Gasteiger partial charge in [-0.15, -0.1) is 0 Å². The number of carbonyl (C=O) groups is 1. The van der Waals surface area contributed by atoms with Crippen molar-refractivity contribution in [2.24, 2.45) is 11.8 Å². The minimum atomic E-state index is -0.255. The molecule has 0 aromatic rings. The average molecular weight is 242 g/mol. The van der Waals surface area contributed by atoms with Crippen LogP contribution < -0.4 is 5.32 Å². The Balaban J connectivity index is 2.36. The lowest BCUT2D eigenvalue weighted by Gasteiger charge is -2.34. The molecule has 2 N–H and O–H groups in total. The summed E-state index contributed by atoms with van der Waals surface area (Å²) in [5, 5.41) is 12.5. The van der Waals surface area contributed by atoms with Crippen molar-refractivity contribution < 1.29 is 9.90 Å². The molecule has 2 amide bonds. The first kappa shape index (κ1) is 14.3. The van der Waals surface area contributed by atoms with Gasteiger partial charge in [0.2, 0.25) is 0 Å². The van der Waals surface area contributed by atoms with Crippen LogP contribution in [-0.2, 0) is 0 Å². The molecule has 2 atom stereocenters. The predicted octanol–water partition coefficient (Wildman–Crippen LogP) is 1.83. The van der Waals surface area contributed by atoms with Gasteiger partial charge < -0.3 is 15.3 Å². The van der Waals surface area contributed by atoms with E-state index in [1.54, 1.807) is 0 Å². The molecule has 100 valence electrons. The van der Waals surface area contributed by atoms with E-state index >= 15 is 0 Å². The third kappa shape index (κ3) is 4.19. The summed E-state index contributed by atoms with van der Waals surface area (Å²) in [6.45, 7) is 9.58. The molecule has 1 fully saturated rings. The number of nitrogens with one attached hydrogen (secondary N) is 1. The monoisotopic (exact) mass is 242 g/mol. The number of rotatable bonds is 3. The molecule has 0 saturated carbocycles. The first-order valence-corrected chi connectivity index (χ1v) is 6.65. The second-order valence-electron chi connectivity index (χ2n) is 5.55. The van der Waals surface area contributed by atoms with Gasteiger partial charge in [-0.2, -0.15) is 0 Å². The first-order chi connectivity index (χ1) is 7.91. The lowest BCUT2D eigenvalue weighted by Crippen LogP contribution is -2.49. The second-order valence-corrected chi connectivity index (χ2v) is 5.55. The van der Waals surface area contributed by atoms with Gasteiger partial charge in [-0.25, -0.2) is 4.79 Å². The summed E-state index contributed by atoms with van der Waals surface area (Å²) >= 11 is 0. The van der Waals surface area contributed by atoms with E-state index in [4.69, 9.17) is 0 Å². The molecule has 4 nitrogen and oxygen atoms in total. The molecule has 4 heteroatoms. The molecule has 0 radical (unpaired) electrons. The molecule has 17 heavy (non-hydrogen) atoms. The van der Waals surface area contributed by atoms with Crippen molar-refractivity contribution in [2.75, 3.05) is 13.1 Å². The van der Waals surface area contributed by atoms with Gasteiger partial charge in [-0.05, 0) is 38.5 Å². The second kappa shape index (κ2) is 6.24. The first-order valence-electron chi connectivity index (χ1n) is 6.65. The van der Waals surface area contributed by atoms with Gasteiger partial charge in [-0.1, -0.05) is 13.8 Å². The molecule has 1 rings (SSSR count). The summed E-state index contributed by atoms with van der Waals surface area (Å²) in [6.07, 6.45) is 1.55. The van der Waals surface area contributed by atoms with E-state index in [-0.39, 0.29) is 18.2 Å². The van der Waals surface area contributed by atoms with Crippen molar-refractivity contribution in [3.8, 4) is 0 Å². The van der Waals surface area contributed by atoms with Crippen molar-refractivity contribution >= 4 is 6.03 Å². The molecule has 0 aliphatic carbocycles. The van der Waals surface area contributed by atoms with E-state index < -0.39 is 0 Å². The number of hydrogen-bond donors (Lipinski definition) is 2. The molecule has 0 bridgehead atoms. The number of carbonyl (C=O) groups excluding carboxylic acids is 1. The average Bonchev–Trinajstić information content (AvgIpc) is 2.28. The van der Waals surface area contributed by atoms with Gasteiger partial charge in [0.05, 0.1) is 6.10 Å². The Labute approximate surface area is 104 Å². The van der Waals surface area contributed by atoms with E-state index in [0.29, 0.717) is 11.8 Å². The highest BCUT2D eigenvalue weighted by Crippen LogP contribution is 2.20. The third-order valence-electron chi connectivity index (χ3n) is 3.86. The molecule has 0 spiro atoms. The summed E-state index contributed by atoms with van der Waals surface area (Å²) in [5.74, 6) is 0.801. The third-order valence-corrected chi connectivity index (χ3v) is 3.86. The van der Waals surface area contributed by atoms with E-state index in [1.165, 1.54) is 0 Å². The van der Waals surface area contributed by atoms with Crippen LogP contribution in [0.25, 0.3) is 0 Å². The summed E-state index contributed by atoms with van der Waals surface area (Å²) in [4.78, 5) is 13.8. The Hall–Kier alpha value is -0.770. The zero-order chi connectivity index (χ0) is 13.0. The fourth-order valence-corrected chi connectivity index (χ4v) is 2.04. The molecule has 1 heterocycles. The maximum Gasteiger partial charge on any atom is 0.317 e. The molecule has 0 aromatic carbocycles. The van der Waals surface area contributed by atoms with Crippen LogP contribution >= 0.6 is 0 Å². The Kier molecular flexibility index (Phi) is 5.25. The number of nitrogens with zero attached hydrogens (tertiary/aromatic N) is 1. The van der Waals surface area contributed by atoms with Crippen LogP contribution in [0, 0.1) is 11.8 Å². The number of piperidine rings is 1. The Morgan fingerprint density at radius 3 is 2.18 bits per heavy atom. The summed E-state index contributed by atoms with van der Waals surface area (Å²) in [7, 11) is 0. The van der Waals surface area contributed by atoms with E-state index in [2.05, 4.69) is 19.2 Å². The zero-order valence-electron chi connectivity index (χ0n) is 11.4. The van der Waals surface area contributed by atoms with Crippen LogP contribution in [0.3, 0.4) is 0 Å². The number of aliphatic hydroxyl groups is 1. The molecule has 1 aliphatic heterocycles. The Morgan fingerprint density at radius 2 is 1.76 bits per heavy atom. The van der Waals surface area contributed by atoms with Crippen LogP contribution in [0.5, 0.6) is 0 Å². The Morgan fingerprint density at radius 1 is 1.24 bits per heavy atom. The van der Waals surface area contributed by atoms with Crippen LogP contribution in [0.4, 0.5) is 4.79 Å². The van der Waals surface area contributed by atoms with Gasteiger partial charge in [0.15, 0.2) is 0 Å². The van der Waals surface area contributed by atoms with Gasteiger partial charge in [0.1, 0.15) is 0 Å². The van der Waals surface area contributed by atoms with Crippen molar-refractivity contribution in [1.82, 2.24) is 10.2 Å². The van der Waals surface area contributed by atoms with Crippen molar-refractivity contribution in [3.63, 3.8) is 0 Å². The fourth-order valence-electron chi connectivity index (χ4n) is 2.04. The maximum absolute atomic E-state index is 11.9. The molecule has 1 saturated heterocycles. The standard InChI is InChI=1S/C13H26N2O2/c1-9(2)10(3)14-13(17)15-7-5-12(6-8-15)11(4)16/h9-12,16H,5-8H2,1-4H3,(H,14,17). The molecule has 0 aromatic heterocycles. The van der Waals surface area contributed by atoms with E-state index in [0.717, 1.165) is 25.9 Å². The minimum Gasteiger partial charge on any atom is -0.393 e. The largest absolute Gasteiger partial charge is 0.393 e. The van der Waals surface area contributed by atoms with Crippen LogP contribution in [-0.4, -0.2) is 41.3 Å². The fraction of sp³-hybridized carbons (Fsp3) is 0.923. The highest BCUT2D eigenvalue weighted by molar-refractivity contribution is 5.74. The van der Waals surface area contributed by atoms with E-state index in [1.807, 2.05) is 18.7 Å². The maximum atomic E-state index is 11.9. The summed E-state index contributed by atoms with van der Waals surface area (Å²) in [5.41, 5.74) is 0. The number of amides is 2. The topological polar surface area (TPSA) is 52.6 Å². The molecule has 1 aliphatic rings. The quantitative estimate of drug-likeness (QED) is 0.793. The smallest absolute Gasteiger partial charge is 0.317 e. The lowest BCUT2D eigenvalue weighted by atomic mass is 9.92. The summed E-state index contributed by atoms with van der Waals surface area (Å²) < 4.78 is 0. The van der Waals surface area contributed by atoms with Gasteiger partial charge in [0, 0.05) is 19.1 Å². The highest BCUT2D eigenvalue weighted by Gasteiger charge is 2.26. The molecular weight excluding hydrogens is 216 g/mol. The van der Waals surface area contributed by atoms with E-state index in [9.17, 15) is 9.90 Å². The number of aliphatic hydroxyl groups excluding tert-OH is 1. The normalized spacial score (nSPS) is 21.4. The van der Waals surface area contributed by atoms with Crippen LogP contribution in [0.1, 0.15) is 40.5 Å². The zero-order valence-corrected chi connectivity index (χ0v) is 11.4. The minimum absolute atomic E-state index is 0.0373. The molecular formula is C13H26N2O2. The number of likely N-dealkylation sites (tertiary alicyclic amines) is 1. The van der Waals surface area contributed by atoms with Gasteiger partial charge in [0.25, 0.3) is 0 Å². The highest BCUT2D eigenvalue weighted by atomic mass is 16.3. The van der Waals surface area contributed by atoms with Crippen LogP contribution in [0.15, 0.2) is 0 Å². The lowest BCUT2D eigenvalue weighted by molar-refractivity contribution is 0.0791. The SMILES string of the molecule is CC(C)C(C)NC(=O)N1CCC(C(C)O)CC1. The Bertz CT molecular complexity index is 246. The van der Waals surface area contributed by atoms with Gasteiger partial charge in [-0.3, -0.25) is 0 Å². The van der Waals surface area contributed by atoms with Gasteiger partial charge >= 0.3 is 6.03 Å².